The standard InChI is InChI=1S/C21H23N5O4/c1-13-16(30-14-6-10-23-15(12-14)18(27)22-2)4-5-17(24-13)25-20(29)26-11-9-21(19(26)28)7-3-8-21/h4-6,10,12H,3,7-9,11H2,1-2H3,(H,22,27)(H,24,25,29). The van der Waals surface area contributed by atoms with Crippen molar-refractivity contribution < 1.29 is 19.1 Å². The van der Waals surface area contributed by atoms with E-state index < -0.39 is 6.03 Å². The molecule has 1 aliphatic heterocycles. The van der Waals surface area contributed by atoms with Crippen molar-refractivity contribution in [2.45, 2.75) is 32.6 Å². The van der Waals surface area contributed by atoms with Gasteiger partial charge in [0.2, 0.25) is 5.91 Å². The number of amides is 4. The van der Waals surface area contributed by atoms with E-state index in [1.807, 2.05) is 0 Å². The Balaban J connectivity index is 1.43. The number of aryl methyl sites for hydroxylation is 1. The van der Waals surface area contributed by atoms with Crippen LogP contribution in [-0.4, -0.2) is 46.3 Å². The molecule has 4 amide bonds. The molecule has 1 aliphatic carbocycles. The van der Waals surface area contributed by atoms with Crippen molar-refractivity contribution in [2.75, 3.05) is 18.9 Å². The highest BCUT2D eigenvalue weighted by Gasteiger charge is 2.52. The van der Waals surface area contributed by atoms with Crippen molar-refractivity contribution >= 4 is 23.7 Å². The number of aromatic nitrogens is 2. The molecule has 1 saturated heterocycles. The zero-order valence-electron chi connectivity index (χ0n) is 16.9. The normalized spacial score (nSPS) is 16.9. The molecule has 30 heavy (non-hydrogen) atoms. The van der Waals surface area contributed by atoms with Gasteiger partial charge in [0, 0.05) is 25.9 Å². The first-order valence-corrected chi connectivity index (χ1v) is 9.88. The summed E-state index contributed by atoms with van der Waals surface area (Å²) in [4.78, 5) is 46.5. The van der Waals surface area contributed by atoms with E-state index in [4.69, 9.17) is 4.74 Å². The first-order chi connectivity index (χ1) is 14.4. The van der Waals surface area contributed by atoms with Gasteiger partial charge in [-0.2, -0.15) is 0 Å². The Morgan fingerprint density at radius 3 is 2.63 bits per heavy atom. The zero-order valence-corrected chi connectivity index (χ0v) is 16.9. The van der Waals surface area contributed by atoms with Crippen LogP contribution >= 0.6 is 0 Å². The van der Waals surface area contributed by atoms with Gasteiger partial charge in [0.05, 0.1) is 11.1 Å². The van der Waals surface area contributed by atoms with Crippen LogP contribution in [-0.2, 0) is 4.79 Å². The fraction of sp³-hybridized carbons (Fsp3) is 0.381. The number of hydrogen-bond acceptors (Lipinski definition) is 6. The van der Waals surface area contributed by atoms with E-state index in [0.29, 0.717) is 29.6 Å². The molecule has 9 heteroatoms. The van der Waals surface area contributed by atoms with Crippen molar-refractivity contribution in [1.29, 1.82) is 0 Å². The van der Waals surface area contributed by atoms with E-state index in [0.717, 1.165) is 25.7 Å². The van der Waals surface area contributed by atoms with E-state index >= 15 is 0 Å². The third-order valence-electron chi connectivity index (χ3n) is 5.76. The van der Waals surface area contributed by atoms with Crippen molar-refractivity contribution in [3.05, 3.63) is 41.9 Å². The third kappa shape index (κ3) is 3.58. The lowest BCUT2D eigenvalue weighted by Gasteiger charge is -2.35. The summed E-state index contributed by atoms with van der Waals surface area (Å²) in [6.45, 7) is 2.19. The van der Waals surface area contributed by atoms with Gasteiger partial charge in [-0.1, -0.05) is 6.42 Å². The number of imide groups is 1. The fourth-order valence-corrected chi connectivity index (χ4v) is 3.84. The Hall–Kier alpha value is -3.49. The average Bonchev–Trinajstić information content (AvgIpc) is 3.07. The number of urea groups is 1. The molecule has 0 aromatic carbocycles. The number of likely N-dealkylation sites (tertiary alicyclic amines) is 1. The number of carbonyl (C=O) groups is 3. The maximum atomic E-state index is 12.6. The number of ether oxygens (including phenoxy) is 1. The Morgan fingerprint density at radius 2 is 2.00 bits per heavy atom. The minimum atomic E-state index is -0.450. The molecule has 2 N–H and O–H groups in total. The molecule has 1 spiro atoms. The second kappa shape index (κ2) is 7.74. The minimum Gasteiger partial charge on any atom is -0.455 e. The average molecular weight is 409 g/mol. The van der Waals surface area contributed by atoms with Gasteiger partial charge >= 0.3 is 6.03 Å². The van der Waals surface area contributed by atoms with Crippen LogP contribution in [0.25, 0.3) is 0 Å². The highest BCUT2D eigenvalue weighted by molar-refractivity contribution is 6.04. The maximum absolute atomic E-state index is 12.6. The molecule has 0 bridgehead atoms. The largest absolute Gasteiger partial charge is 0.455 e. The van der Waals surface area contributed by atoms with E-state index in [2.05, 4.69) is 20.6 Å². The van der Waals surface area contributed by atoms with Gasteiger partial charge in [-0.25, -0.2) is 9.78 Å². The number of hydrogen-bond donors (Lipinski definition) is 2. The predicted molar refractivity (Wildman–Crippen MR) is 108 cm³/mol. The monoisotopic (exact) mass is 409 g/mol. The molecule has 0 radical (unpaired) electrons. The van der Waals surface area contributed by atoms with Crippen molar-refractivity contribution in [3.8, 4) is 11.5 Å². The molecule has 0 unspecified atom stereocenters. The smallest absolute Gasteiger partial charge is 0.329 e. The lowest BCUT2D eigenvalue weighted by molar-refractivity contribution is -0.137. The van der Waals surface area contributed by atoms with E-state index in [9.17, 15) is 14.4 Å². The third-order valence-corrected chi connectivity index (χ3v) is 5.76. The summed E-state index contributed by atoms with van der Waals surface area (Å²) in [6, 6.07) is 6.01. The number of anilines is 1. The lowest BCUT2D eigenvalue weighted by Crippen LogP contribution is -2.43. The van der Waals surface area contributed by atoms with Crippen LogP contribution in [0.15, 0.2) is 30.5 Å². The molecule has 1 saturated carbocycles. The van der Waals surface area contributed by atoms with Crippen LogP contribution < -0.4 is 15.4 Å². The summed E-state index contributed by atoms with van der Waals surface area (Å²) < 4.78 is 5.81. The van der Waals surface area contributed by atoms with Gasteiger partial charge in [-0.05, 0) is 44.4 Å². The Kier molecular flexibility index (Phi) is 5.11. The fourth-order valence-electron chi connectivity index (χ4n) is 3.84. The van der Waals surface area contributed by atoms with Gasteiger partial charge in [0.25, 0.3) is 5.91 Å². The van der Waals surface area contributed by atoms with Crippen LogP contribution in [0.4, 0.5) is 10.6 Å². The minimum absolute atomic E-state index is 0.0764. The molecular weight excluding hydrogens is 386 g/mol. The van der Waals surface area contributed by atoms with E-state index in [1.54, 1.807) is 25.1 Å². The predicted octanol–water partition coefficient (Wildman–Crippen LogP) is 2.87. The molecule has 0 atom stereocenters. The summed E-state index contributed by atoms with van der Waals surface area (Å²) in [5.41, 5.74) is 0.481. The maximum Gasteiger partial charge on any atom is 0.329 e. The number of nitrogens with one attached hydrogen (secondary N) is 2. The SMILES string of the molecule is CNC(=O)c1cc(Oc2ccc(NC(=O)N3CCC4(CCC4)C3=O)nc2C)ccn1. The van der Waals surface area contributed by atoms with E-state index in [-0.39, 0.29) is 22.9 Å². The molecule has 2 aromatic rings. The molecule has 156 valence electrons. The molecule has 3 heterocycles. The quantitative estimate of drug-likeness (QED) is 0.803. The van der Waals surface area contributed by atoms with Crippen LogP contribution in [0.2, 0.25) is 0 Å². The zero-order chi connectivity index (χ0) is 21.3. The molecule has 4 rings (SSSR count). The van der Waals surface area contributed by atoms with Crippen LogP contribution in [0.5, 0.6) is 11.5 Å². The second-order valence-corrected chi connectivity index (χ2v) is 7.61. The summed E-state index contributed by atoms with van der Waals surface area (Å²) in [5, 5.41) is 5.21. The lowest BCUT2D eigenvalue weighted by atomic mass is 9.68. The second-order valence-electron chi connectivity index (χ2n) is 7.61. The first-order valence-electron chi connectivity index (χ1n) is 9.88. The number of pyridine rings is 2. The summed E-state index contributed by atoms with van der Waals surface area (Å²) in [7, 11) is 1.53. The van der Waals surface area contributed by atoms with Crippen LogP contribution in [0.3, 0.4) is 0 Å². The molecule has 2 aromatic heterocycles. The van der Waals surface area contributed by atoms with Gasteiger partial charge in [-0.15, -0.1) is 0 Å². The van der Waals surface area contributed by atoms with Crippen molar-refractivity contribution in [1.82, 2.24) is 20.2 Å². The summed E-state index contributed by atoms with van der Waals surface area (Å²) >= 11 is 0. The van der Waals surface area contributed by atoms with Crippen LogP contribution in [0.1, 0.15) is 41.9 Å². The van der Waals surface area contributed by atoms with Crippen molar-refractivity contribution in [2.24, 2.45) is 5.41 Å². The Labute approximate surface area is 173 Å². The summed E-state index contributed by atoms with van der Waals surface area (Å²) in [6.07, 6.45) is 5.01. The molecule has 2 fully saturated rings. The molecule has 9 nitrogen and oxygen atoms in total. The highest BCUT2D eigenvalue weighted by Crippen LogP contribution is 2.49. The van der Waals surface area contributed by atoms with Gasteiger partial charge < -0.3 is 10.1 Å². The van der Waals surface area contributed by atoms with E-state index in [1.165, 1.54) is 24.2 Å². The number of nitrogens with zero attached hydrogens (tertiary/aromatic N) is 3. The molecule has 2 aliphatic rings. The topological polar surface area (TPSA) is 114 Å². The van der Waals surface area contributed by atoms with Gasteiger partial charge in [0.15, 0.2) is 0 Å². The van der Waals surface area contributed by atoms with Crippen LogP contribution in [0, 0.1) is 12.3 Å². The van der Waals surface area contributed by atoms with Gasteiger partial charge in [-0.3, -0.25) is 24.8 Å². The van der Waals surface area contributed by atoms with Gasteiger partial charge in [0.1, 0.15) is 23.0 Å². The Morgan fingerprint density at radius 1 is 1.20 bits per heavy atom. The Bertz CT molecular complexity index is 1020. The summed E-state index contributed by atoms with van der Waals surface area (Å²) in [5.74, 6) is 0.875. The first kappa shape index (κ1) is 19.8. The molecular formula is C21H23N5O4. The number of carbonyl (C=O) groups excluding carboxylic acids is 3. The van der Waals surface area contributed by atoms with Crippen molar-refractivity contribution in [3.63, 3.8) is 0 Å². The highest BCUT2D eigenvalue weighted by atomic mass is 16.5. The number of rotatable bonds is 4.